The van der Waals surface area contributed by atoms with Crippen LogP contribution in [0.2, 0.25) is 0 Å². The average Bonchev–Trinajstić information content (AvgIpc) is 2.49. The van der Waals surface area contributed by atoms with Crippen molar-refractivity contribution in [2.75, 3.05) is 7.05 Å². The van der Waals surface area contributed by atoms with E-state index >= 15 is 0 Å². The van der Waals surface area contributed by atoms with Gasteiger partial charge >= 0.3 is 0 Å². The van der Waals surface area contributed by atoms with Gasteiger partial charge in [-0.25, -0.2) is 12.8 Å². The number of halogens is 1. The van der Waals surface area contributed by atoms with Crippen LogP contribution in [0.3, 0.4) is 0 Å². The van der Waals surface area contributed by atoms with Crippen LogP contribution in [0.15, 0.2) is 53.4 Å². The zero-order valence-electron chi connectivity index (χ0n) is 11.3. The lowest BCUT2D eigenvalue weighted by atomic mass is 10.2. The molecule has 0 radical (unpaired) electrons. The summed E-state index contributed by atoms with van der Waals surface area (Å²) in [6.07, 6.45) is 0. The second kappa shape index (κ2) is 6.04. The third-order valence-corrected chi connectivity index (χ3v) is 4.91. The van der Waals surface area contributed by atoms with Crippen LogP contribution in [0.1, 0.15) is 11.1 Å². The summed E-state index contributed by atoms with van der Waals surface area (Å²) < 4.78 is 39.6. The molecule has 0 saturated heterocycles. The lowest BCUT2D eigenvalue weighted by Crippen LogP contribution is -2.27. The molecule has 4 nitrogen and oxygen atoms in total. The fourth-order valence-electron chi connectivity index (χ4n) is 1.90. The van der Waals surface area contributed by atoms with Gasteiger partial charge in [-0.2, -0.15) is 9.57 Å². The smallest absolute Gasteiger partial charge is 0.207 e. The Balaban J connectivity index is 2.36. The molecule has 0 aliphatic rings. The summed E-state index contributed by atoms with van der Waals surface area (Å²) in [5.41, 5.74) is 0.343. The molecule has 0 fully saturated rings. The molecule has 21 heavy (non-hydrogen) atoms. The Hall–Kier alpha value is -2.23. The number of hydrogen-bond acceptors (Lipinski definition) is 3. The zero-order valence-corrected chi connectivity index (χ0v) is 12.1. The highest BCUT2D eigenvalue weighted by molar-refractivity contribution is 7.89. The molecule has 0 aromatic heterocycles. The highest BCUT2D eigenvalue weighted by Crippen LogP contribution is 2.20. The molecule has 0 amide bonds. The van der Waals surface area contributed by atoms with E-state index in [1.54, 1.807) is 18.2 Å². The van der Waals surface area contributed by atoms with E-state index in [0.29, 0.717) is 0 Å². The molecule has 0 aliphatic heterocycles. The first-order valence-electron chi connectivity index (χ1n) is 6.15. The molecule has 2 aromatic rings. The van der Waals surface area contributed by atoms with Crippen molar-refractivity contribution in [2.24, 2.45) is 0 Å². The van der Waals surface area contributed by atoms with E-state index in [2.05, 4.69) is 0 Å². The summed E-state index contributed by atoms with van der Waals surface area (Å²) in [6, 6.07) is 13.8. The van der Waals surface area contributed by atoms with Gasteiger partial charge < -0.3 is 0 Å². The van der Waals surface area contributed by atoms with Crippen molar-refractivity contribution < 1.29 is 12.8 Å². The quantitative estimate of drug-likeness (QED) is 0.872. The minimum absolute atomic E-state index is 0.0675. The summed E-state index contributed by atoms with van der Waals surface area (Å²) in [5.74, 6) is -0.465. The Bertz CT molecular complexity index is 797. The molecule has 0 heterocycles. The number of hydrogen-bond donors (Lipinski definition) is 0. The summed E-state index contributed by atoms with van der Waals surface area (Å²) >= 11 is 0. The van der Waals surface area contributed by atoms with Crippen LogP contribution < -0.4 is 0 Å². The molecule has 0 unspecified atom stereocenters. The lowest BCUT2D eigenvalue weighted by molar-refractivity contribution is 0.456. The molecule has 0 atom stereocenters. The predicted octanol–water partition coefficient (Wildman–Crippen LogP) is 2.52. The van der Waals surface area contributed by atoms with E-state index in [4.69, 9.17) is 5.26 Å². The minimum atomic E-state index is -3.85. The Morgan fingerprint density at radius 1 is 1.14 bits per heavy atom. The second-order valence-electron chi connectivity index (χ2n) is 4.46. The second-order valence-corrected chi connectivity index (χ2v) is 6.47. The van der Waals surface area contributed by atoms with Gasteiger partial charge in [0.15, 0.2) is 0 Å². The SMILES string of the molecule is CN(Cc1ccccc1F)S(=O)(=O)c1ccccc1C#N. The van der Waals surface area contributed by atoms with Gasteiger partial charge in [0.1, 0.15) is 11.9 Å². The van der Waals surface area contributed by atoms with Crippen molar-refractivity contribution in [3.8, 4) is 6.07 Å². The number of benzene rings is 2. The molecule has 108 valence electrons. The van der Waals surface area contributed by atoms with E-state index in [-0.39, 0.29) is 22.6 Å². The largest absolute Gasteiger partial charge is 0.244 e. The summed E-state index contributed by atoms with van der Waals surface area (Å²) in [5, 5.41) is 9.00. The van der Waals surface area contributed by atoms with Crippen molar-refractivity contribution in [2.45, 2.75) is 11.4 Å². The van der Waals surface area contributed by atoms with Gasteiger partial charge in [0, 0.05) is 19.2 Å². The highest BCUT2D eigenvalue weighted by Gasteiger charge is 2.24. The molecule has 0 N–H and O–H groups in total. The van der Waals surface area contributed by atoms with Gasteiger partial charge in [0.05, 0.1) is 10.5 Å². The summed E-state index contributed by atoms with van der Waals surface area (Å²) in [6.45, 7) is -0.102. The monoisotopic (exact) mass is 304 g/mol. The molecule has 0 spiro atoms. The first kappa shape index (κ1) is 15.2. The Labute approximate surface area is 123 Å². The normalized spacial score (nSPS) is 11.3. The molecule has 0 bridgehead atoms. The fourth-order valence-corrected chi connectivity index (χ4v) is 3.19. The number of sulfonamides is 1. The standard InChI is InChI=1S/C15H13FN2O2S/c1-18(11-13-7-2-4-8-14(13)16)21(19,20)15-9-5-3-6-12(15)10-17/h2-9H,11H2,1H3. The van der Waals surface area contributed by atoms with Crippen LogP contribution in [0.4, 0.5) is 4.39 Å². The molecule has 0 aliphatic carbocycles. The zero-order chi connectivity index (χ0) is 15.5. The topological polar surface area (TPSA) is 61.2 Å². The Morgan fingerprint density at radius 3 is 2.43 bits per heavy atom. The van der Waals surface area contributed by atoms with Crippen molar-refractivity contribution in [3.05, 3.63) is 65.5 Å². The van der Waals surface area contributed by atoms with Crippen LogP contribution in [0, 0.1) is 17.1 Å². The molecule has 2 aromatic carbocycles. The average molecular weight is 304 g/mol. The maximum Gasteiger partial charge on any atom is 0.244 e. The molecule has 0 saturated carbocycles. The molecular weight excluding hydrogens is 291 g/mol. The predicted molar refractivity (Wildman–Crippen MR) is 76.2 cm³/mol. The Kier molecular flexibility index (Phi) is 4.36. The fraction of sp³-hybridized carbons (Fsp3) is 0.133. The molecule has 6 heteroatoms. The maximum atomic E-state index is 13.6. The van der Waals surface area contributed by atoms with Gasteiger partial charge in [-0.15, -0.1) is 0 Å². The number of nitrogens with zero attached hydrogens (tertiary/aromatic N) is 2. The van der Waals surface area contributed by atoms with Gasteiger partial charge in [0.2, 0.25) is 10.0 Å². The van der Waals surface area contributed by atoms with Crippen LogP contribution in [0.5, 0.6) is 0 Å². The van der Waals surface area contributed by atoms with Crippen LogP contribution in [0.25, 0.3) is 0 Å². The van der Waals surface area contributed by atoms with Crippen molar-refractivity contribution in [1.29, 1.82) is 5.26 Å². The third kappa shape index (κ3) is 3.10. The van der Waals surface area contributed by atoms with Crippen LogP contribution in [-0.2, 0) is 16.6 Å². The van der Waals surface area contributed by atoms with Crippen molar-refractivity contribution in [1.82, 2.24) is 4.31 Å². The van der Waals surface area contributed by atoms with Crippen molar-refractivity contribution >= 4 is 10.0 Å². The van der Waals surface area contributed by atoms with Gasteiger partial charge in [-0.05, 0) is 18.2 Å². The van der Waals surface area contributed by atoms with E-state index in [0.717, 1.165) is 4.31 Å². The van der Waals surface area contributed by atoms with Gasteiger partial charge in [-0.3, -0.25) is 0 Å². The third-order valence-electron chi connectivity index (χ3n) is 3.05. The van der Waals surface area contributed by atoms with E-state index in [9.17, 15) is 12.8 Å². The first-order valence-corrected chi connectivity index (χ1v) is 7.59. The van der Waals surface area contributed by atoms with Gasteiger partial charge in [0.25, 0.3) is 0 Å². The van der Waals surface area contributed by atoms with Crippen molar-refractivity contribution in [3.63, 3.8) is 0 Å². The van der Waals surface area contributed by atoms with E-state index in [1.807, 2.05) is 6.07 Å². The first-order chi connectivity index (χ1) is 9.96. The number of rotatable bonds is 4. The Morgan fingerprint density at radius 2 is 1.76 bits per heavy atom. The summed E-state index contributed by atoms with van der Waals surface area (Å²) in [7, 11) is -2.50. The van der Waals surface area contributed by atoms with Gasteiger partial charge in [-0.1, -0.05) is 30.3 Å². The van der Waals surface area contributed by atoms with E-state index < -0.39 is 15.8 Å². The molecular formula is C15H13FN2O2S. The summed E-state index contributed by atoms with van der Waals surface area (Å²) in [4.78, 5) is -0.0775. The minimum Gasteiger partial charge on any atom is -0.207 e. The lowest BCUT2D eigenvalue weighted by Gasteiger charge is -2.18. The number of nitriles is 1. The van der Waals surface area contributed by atoms with E-state index in [1.165, 1.54) is 37.4 Å². The molecule has 2 rings (SSSR count). The van der Waals surface area contributed by atoms with Crippen LogP contribution in [-0.4, -0.2) is 19.8 Å². The highest BCUT2D eigenvalue weighted by atomic mass is 32.2. The van der Waals surface area contributed by atoms with Crippen LogP contribution >= 0.6 is 0 Å². The maximum absolute atomic E-state index is 13.6.